The van der Waals surface area contributed by atoms with Gasteiger partial charge in [0.25, 0.3) is 17.7 Å². The van der Waals surface area contributed by atoms with Gasteiger partial charge in [0.15, 0.2) is 5.76 Å². The summed E-state index contributed by atoms with van der Waals surface area (Å²) in [6.45, 7) is 0. The normalized spacial score (nSPS) is 11.3. The van der Waals surface area contributed by atoms with Crippen molar-refractivity contribution < 1.29 is 23.2 Å². The van der Waals surface area contributed by atoms with E-state index in [-0.39, 0.29) is 17.7 Å². The van der Waals surface area contributed by atoms with Crippen LogP contribution in [-0.4, -0.2) is 23.8 Å². The molecule has 3 aromatic rings. The minimum absolute atomic E-state index is 0.0613. The van der Waals surface area contributed by atoms with E-state index in [9.17, 15) is 18.8 Å². The minimum atomic E-state index is -0.969. The van der Waals surface area contributed by atoms with E-state index in [4.69, 9.17) is 4.42 Å². The number of furan rings is 1. The second-order valence-electron chi connectivity index (χ2n) is 6.14. The summed E-state index contributed by atoms with van der Waals surface area (Å²) in [5, 5.41) is 2.59. The van der Waals surface area contributed by atoms with Crippen LogP contribution in [0.15, 0.2) is 77.4 Å². The monoisotopic (exact) mass is 395 g/mol. The van der Waals surface area contributed by atoms with Crippen LogP contribution in [0.1, 0.15) is 26.5 Å². The van der Waals surface area contributed by atoms with Crippen LogP contribution in [0, 0.1) is 5.82 Å². The van der Waals surface area contributed by atoms with Gasteiger partial charge in [-0.15, -0.1) is 0 Å². The molecule has 0 radical (unpaired) electrons. The van der Waals surface area contributed by atoms with Crippen molar-refractivity contribution in [3.05, 3.63) is 95.7 Å². The lowest BCUT2D eigenvalue weighted by Gasteiger charge is -2.18. The molecule has 8 heteroatoms. The number of nitrogens with one attached hydrogen (secondary N) is 3. The molecular formula is C21H18FN3O4. The molecule has 0 fully saturated rings. The quantitative estimate of drug-likeness (QED) is 0.557. The zero-order valence-electron chi connectivity index (χ0n) is 15.2. The first-order valence-corrected chi connectivity index (χ1v) is 8.77. The number of carbonyl (C=O) groups is 3. The highest BCUT2D eigenvalue weighted by Gasteiger charge is 2.23. The first kappa shape index (κ1) is 19.8. The van der Waals surface area contributed by atoms with Crippen LogP contribution < -0.4 is 16.2 Å². The average Bonchev–Trinajstić information content (AvgIpc) is 3.27. The molecule has 148 valence electrons. The van der Waals surface area contributed by atoms with Crippen molar-refractivity contribution in [1.82, 2.24) is 16.2 Å². The van der Waals surface area contributed by atoms with Crippen molar-refractivity contribution in [2.24, 2.45) is 0 Å². The fourth-order valence-electron chi connectivity index (χ4n) is 2.58. The van der Waals surface area contributed by atoms with Gasteiger partial charge < -0.3 is 9.73 Å². The smallest absolute Gasteiger partial charge is 0.287 e. The number of amides is 3. The topological polar surface area (TPSA) is 100 Å². The Bertz CT molecular complexity index is 973. The predicted octanol–water partition coefficient (Wildman–Crippen LogP) is 2.22. The molecule has 0 aliphatic carbocycles. The molecule has 3 amide bonds. The highest BCUT2D eigenvalue weighted by atomic mass is 19.1. The SMILES string of the molecule is O=C(NNC(=O)[C@H](Cc1ccccc1)NC(=O)c1ccco1)c1ccc(F)cc1. The van der Waals surface area contributed by atoms with Crippen molar-refractivity contribution >= 4 is 17.7 Å². The van der Waals surface area contributed by atoms with Crippen LogP contribution >= 0.6 is 0 Å². The molecule has 0 aliphatic heterocycles. The Morgan fingerprint density at radius 2 is 1.59 bits per heavy atom. The minimum Gasteiger partial charge on any atom is -0.459 e. The largest absolute Gasteiger partial charge is 0.459 e. The van der Waals surface area contributed by atoms with Gasteiger partial charge >= 0.3 is 0 Å². The maximum atomic E-state index is 13.0. The Morgan fingerprint density at radius 3 is 2.24 bits per heavy atom. The zero-order valence-corrected chi connectivity index (χ0v) is 15.2. The molecule has 0 saturated carbocycles. The number of hydrogen-bond donors (Lipinski definition) is 3. The van der Waals surface area contributed by atoms with E-state index in [2.05, 4.69) is 16.2 Å². The molecule has 3 N–H and O–H groups in total. The molecule has 1 heterocycles. The second-order valence-corrected chi connectivity index (χ2v) is 6.14. The summed E-state index contributed by atoms with van der Waals surface area (Å²) >= 11 is 0. The lowest BCUT2D eigenvalue weighted by atomic mass is 10.1. The standard InChI is InChI=1S/C21H18FN3O4/c22-16-10-8-15(9-11-16)19(26)24-25-20(27)17(13-14-5-2-1-3-6-14)23-21(28)18-7-4-12-29-18/h1-12,17H,13H2,(H,23,28)(H,24,26)(H,25,27)/t17-/m0/s1. The van der Waals surface area contributed by atoms with E-state index in [1.165, 1.54) is 24.5 Å². The van der Waals surface area contributed by atoms with Crippen LogP contribution in [0.4, 0.5) is 4.39 Å². The number of hydrazine groups is 1. The van der Waals surface area contributed by atoms with E-state index in [0.29, 0.717) is 0 Å². The van der Waals surface area contributed by atoms with Crippen molar-refractivity contribution in [1.29, 1.82) is 0 Å². The van der Waals surface area contributed by atoms with E-state index in [0.717, 1.165) is 17.7 Å². The van der Waals surface area contributed by atoms with Crippen molar-refractivity contribution in [3.63, 3.8) is 0 Å². The summed E-state index contributed by atoms with van der Waals surface area (Å²) in [5.41, 5.74) is 5.53. The molecule has 2 aromatic carbocycles. The Kier molecular flexibility index (Phi) is 6.36. The molecule has 0 bridgehead atoms. The molecule has 1 aromatic heterocycles. The number of benzene rings is 2. The summed E-state index contributed by atoms with van der Waals surface area (Å²) in [6.07, 6.45) is 1.55. The molecule has 7 nitrogen and oxygen atoms in total. The fourth-order valence-corrected chi connectivity index (χ4v) is 2.58. The molecule has 0 saturated heterocycles. The third-order valence-corrected chi connectivity index (χ3v) is 4.06. The molecule has 1 atom stereocenters. The van der Waals surface area contributed by atoms with E-state index in [1.807, 2.05) is 30.3 Å². The Morgan fingerprint density at radius 1 is 0.862 bits per heavy atom. The van der Waals surface area contributed by atoms with Crippen molar-refractivity contribution in [3.8, 4) is 0 Å². The highest BCUT2D eigenvalue weighted by Crippen LogP contribution is 2.06. The van der Waals surface area contributed by atoms with Gasteiger partial charge in [0.2, 0.25) is 0 Å². The average molecular weight is 395 g/mol. The summed E-state index contributed by atoms with van der Waals surface area (Å²) in [5.74, 6) is -2.21. The van der Waals surface area contributed by atoms with Crippen molar-refractivity contribution in [2.75, 3.05) is 0 Å². The molecule has 29 heavy (non-hydrogen) atoms. The van der Waals surface area contributed by atoms with Gasteiger partial charge in [0.05, 0.1) is 6.26 Å². The van der Waals surface area contributed by atoms with Gasteiger partial charge in [-0.3, -0.25) is 25.2 Å². The number of halogens is 1. The lowest BCUT2D eigenvalue weighted by molar-refractivity contribution is -0.123. The van der Waals surface area contributed by atoms with Crippen LogP contribution in [0.3, 0.4) is 0 Å². The zero-order chi connectivity index (χ0) is 20.6. The van der Waals surface area contributed by atoms with Crippen LogP contribution in [0.25, 0.3) is 0 Å². The fraction of sp³-hybridized carbons (Fsp3) is 0.0952. The number of carbonyl (C=O) groups excluding carboxylic acids is 3. The van der Waals surface area contributed by atoms with Gasteiger partial charge in [-0.05, 0) is 42.0 Å². The van der Waals surface area contributed by atoms with E-state index >= 15 is 0 Å². The Labute approximate surface area is 165 Å². The van der Waals surface area contributed by atoms with Crippen LogP contribution in [0.2, 0.25) is 0 Å². The summed E-state index contributed by atoms with van der Waals surface area (Å²) in [7, 11) is 0. The van der Waals surface area contributed by atoms with E-state index in [1.54, 1.807) is 6.07 Å². The molecular weight excluding hydrogens is 377 g/mol. The maximum Gasteiger partial charge on any atom is 0.287 e. The first-order chi connectivity index (χ1) is 14.0. The molecule has 0 aliphatic rings. The lowest BCUT2D eigenvalue weighted by Crippen LogP contribution is -2.53. The summed E-state index contributed by atoms with van der Waals surface area (Å²) in [6, 6.07) is 16.0. The highest BCUT2D eigenvalue weighted by molar-refractivity contribution is 5.98. The van der Waals surface area contributed by atoms with Crippen molar-refractivity contribution in [2.45, 2.75) is 12.5 Å². The Hall–Kier alpha value is -3.94. The number of hydrogen-bond acceptors (Lipinski definition) is 4. The molecule has 3 rings (SSSR count). The summed E-state index contributed by atoms with van der Waals surface area (Å²) in [4.78, 5) is 37.0. The van der Waals surface area contributed by atoms with Gasteiger partial charge in [-0.25, -0.2) is 4.39 Å². The first-order valence-electron chi connectivity index (χ1n) is 8.77. The van der Waals surface area contributed by atoms with Crippen LogP contribution in [-0.2, 0) is 11.2 Å². The molecule has 0 spiro atoms. The third kappa shape index (κ3) is 5.52. The number of rotatable bonds is 6. The van der Waals surface area contributed by atoms with Gasteiger partial charge in [0.1, 0.15) is 11.9 Å². The predicted molar refractivity (Wildman–Crippen MR) is 102 cm³/mol. The van der Waals surface area contributed by atoms with Crippen LogP contribution in [0.5, 0.6) is 0 Å². The van der Waals surface area contributed by atoms with Gasteiger partial charge in [-0.2, -0.15) is 0 Å². The van der Waals surface area contributed by atoms with Gasteiger partial charge in [0, 0.05) is 12.0 Å². The van der Waals surface area contributed by atoms with E-state index < -0.39 is 29.6 Å². The summed E-state index contributed by atoms with van der Waals surface area (Å²) < 4.78 is 18.0. The second kappa shape index (κ2) is 9.32. The third-order valence-electron chi connectivity index (χ3n) is 4.06. The molecule has 0 unspecified atom stereocenters. The van der Waals surface area contributed by atoms with Gasteiger partial charge in [-0.1, -0.05) is 30.3 Å². The Balaban J connectivity index is 1.66. The maximum absolute atomic E-state index is 13.0.